The third kappa shape index (κ3) is 6.50. The fraction of sp³-hybridized carbons (Fsp3) is 0.933. The Kier molecular flexibility index (Phi) is 8.96. The molecule has 0 aromatic carbocycles. The Morgan fingerprint density at radius 1 is 0.955 bits per heavy atom. The Bertz CT molecular complexity index is 333. The van der Waals surface area contributed by atoms with Gasteiger partial charge in [-0.3, -0.25) is 0 Å². The monoisotopic (exact) mass is 330 g/mol. The molecule has 0 heterocycles. The topological polar surface area (TPSA) is 35.5 Å². The second-order valence-corrected chi connectivity index (χ2v) is 5.79. The summed E-state index contributed by atoms with van der Waals surface area (Å²) in [4.78, 5) is 11.5. The van der Waals surface area contributed by atoms with E-state index in [0.29, 0.717) is 12.8 Å². The summed E-state index contributed by atoms with van der Waals surface area (Å²) < 4.78 is 61.5. The van der Waals surface area contributed by atoms with Crippen molar-refractivity contribution in [1.29, 1.82) is 0 Å². The van der Waals surface area contributed by atoms with Crippen molar-refractivity contribution < 1.29 is 31.8 Å². The maximum absolute atomic E-state index is 14.1. The van der Waals surface area contributed by atoms with Crippen LogP contribution in [0.25, 0.3) is 0 Å². The van der Waals surface area contributed by atoms with Crippen molar-refractivity contribution in [3.63, 3.8) is 0 Å². The van der Waals surface area contributed by atoms with E-state index in [1.165, 1.54) is 0 Å². The van der Waals surface area contributed by atoms with Crippen LogP contribution in [-0.2, 0) is 14.3 Å². The quantitative estimate of drug-likeness (QED) is 0.432. The highest BCUT2D eigenvalue weighted by molar-refractivity contribution is 5.78. The summed E-state index contributed by atoms with van der Waals surface area (Å²) in [5.41, 5.74) is 0. The van der Waals surface area contributed by atoms with Gasteiger partial charge in [-0.25, -0.2) is 4.79 Å². The fourth-order valence-electron chi connectivity index (χ4n) is 1.98. The van der Waals surface area contributed by atoms with Crippen molar-refractivity contribution in [2.24, 2.45) is 11.8 Å². The van der Waals surface area contributed by atoms with Gasteiger partial charge in [0.15, 0.2) is 0 Å². The zero-order chi connectivity index (χ0) is 17.4. The lowest BCUT2D eigenvalue weighted by Gasteiger charge is -2.27. The standard InChI is InChI=1S/C15H26F4O3/c1-5-7-11(3)9-21-13(20)14(16,15(17,18)19)22-10-12(4)8-6-2/h11-12H,5-10H2,1-4H3. The molecule has 22 heavy (non-hydrogen) atoms. The number of carbonyl (C=O) groups is 1. The summed E-state index contributed by atoms with van der Waals surface area (Å²) in [6.45, 7) is 6.34. The normalized spacial score (nSPS) is 17.6. The molecule has 0 saturated heterocycles. The summed E-state index contributed by atoms with van der Waals surface area (Å²) in [6, 6.07) is 0. The molecule has 0 radical (unpaired) electrons. The van der Waals surface area contributed by atoms with Gasteiger partial charge in [0.25, 0.3) is 0 Å². The van der Waals surface area contributed by atoms with Crippen LogP contribution in [0.3, 0.4) is 0 Å². The predicted molar refractivity (Wildman–Crippen MR) is 74.9 cm³/mol. The minimum atomic E-state index is -5.47. The lowest BCUT2D eigenvalue weighted by atomic mass is 10.1. The highest BCUT2D eigenvalue weighted by Crippen LogP contribution is 2.37. The van der Waals surface area contributed by atoms with Gasteiger partial charge in [-0.1, -0.05) is 40.5 Å². The number of ether oxygens (including phenoxy) is 2. The molecule has 0 rings (SSSR count). The summed E-state index contributed by atoms with van der Waals surface area (Å²) >= 11 is 0. The fourth-order valence-corrected chi connectivity index (χ4v) is 1.98. The molecule has 0 aliphatic carbocycles. The average molecular weight is 330 g/mol. The largest absolute Gasteiger partial charge is 0.461 e. The molecule has 0 fully saturated rings. The minimum Gasteiger partial charge on any atom is -0.461 e. The van der Waals surface area contributed by atoms with Crippen molar-refractivity contribution in [1.82, 2.24) is 0 Å². The van der Waals surface area contributed by atoms with Crippen LogP contribution in [0.5, 0.6) is 0 Å². The van der Waals surface area contributed by atoms with Crippen molar-refractivity contribution in [2.75, 3.05) is 13.2 Å². The van der Waals surface area contributed by atoms with Crippen LogP contribution < -0.4 is 0 Å². The van der Waals surface area contributed by atoms with E-state index in [0.717, 1.165) is 12.8 Å². The number of hydrogen-bond donors (Lipinski definition) is 0. The molecule has 0 saturated carbocycles. The van der Waals surface area contributed by atoms with Crippen LogP contribution in [0.2, 0.25) is 0 Å². The lowest BCUT2D eigenvalue weighted by molar-refractivity contribution is -0.326. The van der Waals surface area contributed by atoms with Gasteiger partial charge >= 0.3 is 18.0 Å². The molecule has 0 aromatic heterocycles. The van der Waals surface area contributed by atoms with Gasteiger partial charge in [-0.2, -0.15) is 17.6 Å². The number of rotatable bonds is 10. The first-order valence-electron chi connectivity index (χ1n) is 7.65. The van der Waals surface area contributed by atoms with Gasteiger partial charge < -0.3 is 9.47 Å². The Balaban J connectivity index is 4.77. The molecule has 0 aliphatic rings. The molecule has 0 spiro atoms. The van der Waals surface area contributed by atoms with Gasteiger partial charge in [-0.05, 0) is 24.7 Å². The molecule has 0 N–H and O–H groups in total. The maximum Gasteiger partial charge on any atom is 0.460 e. The maximum atomic E-state index is 14.1. The average Bonchev–Trinajstić information content (AvgIpc) is 2.41. The van der Waals surface area contributed by atoms with Crippen molar-refractivity contribution in [3.8, 4) is 0 Å². The Morgan fingerprint density at radius 2 is 1.41 bits per heavy atom. The zero-order valence-corrected chi connectivity index (χ0v) is 13.6. The molecule has 0 amide bonds. The van der Waals surface area contributed by atoms with Gasteiger partial charge in [0, 0.05) is 0 Å². The van der Waals surface area contributed by atoms with E-state index in [-0.39, 0.29) is 18.4 Å². The molecule has 3 nitrogen and oxygen atoms in total. The first-order chi connectivity index (χ1) is 10.1. The van der Waals surface area contributed by atoms with Gasteiger partial charge in [0.05, 0.1) is 13.2 Å². The molecule has 3 unspecified atom stereocenters. The van der Waals surface area contributed by atoms with Crippen molar-refractivity contribution >= 4 is 5.97 Å². The number of alkyl halides is 4. The minimum absolute atomic E-state index is 0.134. The van der Waals surface area contributed by atoms with Gasteiger partial charge in [-0.15, -0.1) is 0 Å². The van der Waals surface area contributed by atoms with Crippen molar-refractivity contribution in [3.05, 3.63) is 0 Å². The first-order valence-corrected chi connectivity index (χ1v) is 7.65. The van der Waals surface area contributed by atoms with Crippen LogP contribution in [0.4, 0.5) is 17.6 Å². The van der Waals surface area contributed by atoms with E-state index in [2.05, 4.69) is 9.47 Å². The summed E-state index contributed by atoms with van der Waals surface area (Å²) in [6.07, 6.45) is -2.69. The second-order valence-electron chi connectivity index (χ2n) is 5.79. The lowest BCUT2D eigenvalue weighted by Crippen LogP contribution is -2.52. The van der Waals surface area contributed by atoms with E-state index in [1.54, 1.807) is 13.8 Å². The van der Waals surface area contributed by atoms with E-state index >= 15 is 0 Å². The third-order valence-corrected chi connectivity index (χ3v) is 3.26. The van der Waals surface area contributed by atoms with E-state index < -0.39 is 24.6 Å². The molecule has 3 atom stereocenters. The Hall–Kier alpha value is -0.850. The van der Waals surface area contributed by atoms with Crippen LogP contribution in [0.15, 0.2) is 0 Å². The highest BCUT2D eigenvalue weighted by Gasteiger charge is 2.65. The highest BCUT2D eigenvalue weighted by atomic mass is 19.4. The molecule has 0 bridgehead atoms. The molecule has 132 valence electrons. The third-order valence-electron chi connectivity index (χ3n) is 3.26. The van der Waals surface area contributed by atoms with Crippen LogP contribution >= 0.6 is 0 Å². The Labute approximate surface area is 129 Å². The zero-order valence-electron chi connectivity index (χ0n) is 13.6. The molecule has 7 heteroatoms. The van der Waals surface area contributed by atoms with Gasteiger partial charge in [0.2, 0.25) is 0 Å². The number of carbonyl (C=O) groups excluding carboxylic acids is 1. The summed E-state index contributed by atoms with van der Waals surface area (Å²) in [5, 5.41) is 0. The SMILES string of the molecule is CCCC(C)COC(=O)C(F)(OCC(C)CCC)C(F)(F)F. The molecular weight excluding hydrogens is 304 g/mol. The van der Waals surface area contributed by atoms with Crippen molar-refractivity contribution in [2.45, 2.75) is 65.4 Å². The second kappa shape index (κ2) is 9.33. The Morgan fingerprint density at radius 3 is 1.82 bits per heavy atom. The predicted octanol–water partition coefficient (Wildman–Crippen LogP) is 4.65. The first kappa shape index (κ1) is 21.1. The number of hydrogen-bond acceptors (Lipinski definition) is 3. The van der Waals surface area contributed by atoms with Crippen LogP contribution in [0.1, 0.15) is 53.4 Å². The van der Waals surface area contributed by atoms with E-state index in [1.807, 2.05) is 13.8 Å². The smallest absolute Gasteiger partial charge is 0.460 e. The number of esters is 1. The number of halogens is 4. The summed E-state index contributed by atoms with van der Waals surface area (Å²) in [5.74, 6) is -6.84. The molecule has 0 aliphatic heterocycles. The summed E-state index contributed by atoms with van der Waals surface area (Å²) in [7, 11) is 0. The van der Waals surface area contributed by atoms with Crippen LogP contribution in [0, 0.1) is 11.8 Å². The van der Waals surface area contributed by atoms with E-state index in [9.17, 15) is 22.4 Å². The molecule has 0 aromatic rings. The van der Waals surface area contributed by atoms with Gasteiger partial charge in [0.1, 0.15) is 0 Å². The van der Waals surface area contributed by atoms with Crippen LogP contribution in [-0.4, -0.2) is 31.2 Å². The molecular formula is C15H26F4O3. The van der Waals surface area contributed by atoms with E-state index in [4.69, 9.17) is 0 Å².